The summed E-state index contributed by atoms with van der Waals surface area (Å²) < 4.78 is 25.4. The first-order valence-corrected chi connectivity index (χ1v) is 20.0. The Morgan fingerprint density at radius 1 is 0.727 bits per heavy atom. The smallest absolute Gasteiger partial charge is 0.416 e. The Balaban J connectivity index is 5.43. The summed E-state index contributed by atoms with van der Waals surface area (Å²) in [7, 11) is -8.29. The van der Waals surface area contributed by atoms with E-state index in [1.807, 2.05) is 6.92 Å². The Labute approximate surface area is 142 Å². The van der Waals surface area contributed by atoms with E-state index in [9.17, 15) is 0 Å². The van der Waals surface area contributed by atoms with Crippen LogP contribution in [-0.4, -0.2) is 46.6 Å². The van der Waals surface area contributed by atoms with Crippen LogP contribution in [0.4, 0.5) is 0 Å². The van der Waals surface area contributed by atoms with Crippen molar-refractivity contribution in [3.05, 3.63) is 12.2 Å². The van der Waals surface area contributed by atoms with E-state index in [2.05, 4.69) is 65.5 Å². The van der Waals surface area contributed by atoms with Crippen LogP contribution in [0.15, 0.2) is 12.2 Å². The maximum atomic E-state index is 6.51. The normalized spacial score (nSPS) is 14.3. The highest BCUT2D eigenvalue weighted by molar-refractivity contribution is 6.90. The van der Waals surface area contributed by atoms with E-state index in [-0.39, 0.29) is 0 Å². The number of ether oxygens (including phenoxy) is 1. The molecule has 0 saturated heterocycles. The average Bonchev–Trinajstić information content (AvgIpc) is 2.05. The van der Waals surface area contributed by atoms with Crippen molar-refractivity contribution < 1.29 is 17.1 Å². The summed E-state index contributed by atoms with van der Waals surface area (Å²) >= 11 is 0. The summed E-state index contributed by atoms with van der Waals surface area (Å²) in [6, 6.07) is 0. The summed E-state index contributed by atoms with van der Waals surface area (Å²) in [5.74, 6) is 0. The van der Waals surface area contributed by atoms with Crippen molar-refractivity contribution in [1.29, 1.82) is 0 Å². The van der Waals surface area contributed by atoms with Crippen LogP contribution in [-0.2, 0) is 17.1 Å². The van der Waals surface area contributed by atoms with Gasteiger partial charge in [-0.3, -0.25) is 0 Å². The highest BCUT2D eigenvalue weighted by Crippen LogP contribution is 2.26. The van der Waals surface area contributed by atoms with Gasteiger partial charge in [0.2, 0.25) is 0 Å². The first-order valence-electron chi connectivity index (χ1n) is 7.86. The molecular formula is C14H36O4Si4. The topological polar surface area (TPSA) is 36.9 Å². The van der Waals surface area contributed by atoms with Crippen molar-refractivity contribution in [2.24, 2.45) is 0 Å². The summed E-state index contributed by atoms with van der Waals surface area (Å²) in [6.45, 7) is 26.0. The van der Waals surface area contributed by atoms with Gasteiger partial charge in [0.05, 0.1) is 6.61 Å². The van der Waals surface area contributed by atoms with Gasteiger partial charge in [0, 0.05) is 0 Å². The van der Waals surface area contributed by atoms with Crippen molar-refractivity contribution in [3.8, 4) is 0 Å². The van der Waals surface area contributed by atoms with Gasteiger partial charge in [0.15, 0.2) is 25.0 Å². The Morgan fingerprint density at radius 2 is 1.05 bits per heavy atom. The van der Waals surface area contributed by atoms with Crippen molar-refractivity contribution >= 4 is 33.8 Å². The van der Waals surface area contributed by atoms with E-state index >= 15 is 0 Å². The lowest BCUT2D eigenvalue weighted by Gasteiger charge is -2.42. The van der Waals surface area contributed by atoms with Crippen LogP contribution in [0.3, 0.4) is 0 Å². The maximum absolute atomic E-state index is 6.51. The monoisotopic (exact) mass is 380 g/mol. The number of hydrogen-bond acceptors (Lipinski definition) is 4. The molecule has 0 aliphatic heterocycles. The average molecular weight is 381 g/mol. The molecule has 8 heteroatoms. The predicted molar refractivity (Wildman–Crippen MR) is 105 cm³/mol. The molecule has 0 aliphatic carbocycles. The molecule has 0 atom stereocenters. The van der Waals surface area contributed by atoms with Crippen LogP contribution >= 0.6 is 0 Å². The van der Waals surface area contributed by atoms with E-state index in [1.165, 1.54) is 0 Å². The molecule has 0 aromatic rings. The Hall–Kier alpha value is 0.448. The number of hydrogen-bond donors (Lipinski definition) is 0. The van der Waals surface area contributed by atoms with E-state index in [0.29, 0.717) is 12.8 Å². The van der Waals surface area contributed by atoms with Crippen LogP contribution in [0.5, 0.6) is 0 Å². The van der Waals surface area contributed by atoms with Crippen molar-refractivity contribution in [3.63, 3.8) is 0 Å². The fraction of sp³-hybridized carbons (Fsp3) is 0.857. The van der Waals surface area contributed by atoms with Gasteiger partial charge in [-0.25, -0.2) is 0 Å². The van der Waals surface area contributed by atoms with Crippen molar-refractivity contribution in [2.45, 2.75) is 65.8 Å². The molecule has 0 unspecified atom stereocenters. The highest BCUT2D eigenvalue weighted by atomic mass is 28.5. The molecule has 4 nitrogen and oxygen atoms in total. The molecule has 0 bridgehead atoms. The van der Waals surface area contributed by atoms with Gasteiger partial charge in [-0.05, 0) is 65.8 Å². The minimum Gasteiger partial charge on any atom is -0.416 e. The Kier molecular flexibility index (Phi) is 8.18. The standard InChI is InChI=1S/C14H36O4Si4/c1-14(2)12-15-13-22(16-19(3,4)5,17-20(6,7)8)18-21(9,10)11/h1,12-13H2,2-11H3. The molecule has 0 fully saturated rings. The van der Waals surface area contributed by atoms with Crippen LogP contribution in [0, 0.1) is 0 Å². The second-order valence-electron chi connectivity index (χ2n) is 8.78. The van der Waals surface area contributed by atoms with Gasteiger partial charge in [0.25, 0.3) is 0 Å². The van der Waals surface area contributed by atoms with Gasteiger partial charge in [-0.2, -0.15) is 0 Å². The second kappa shape index (κ2) is 8.02. The molecule has 0 rings (SSSR count). The van der Waals surface area contributed by atoms with Crippen molar-refractivity contribution in [2.75, 3.05) is 12.8 Å². The molecular weight excluding hydrogens is 344 g/mol. The van der Waals surface area contributed by atoms with Gasteiger partial charge in [-0.1, -0.05) is 12.2 Å². The molecule has 0 aliphatic rings. The highest BCUT2D eigenvalue weighted by Gasteiger charge is 2.50. The van der Waals surface area contributed by atoms with Gasteiger partial charge >= 0.3 is 8.80 Å². The zero-order valence-electron chi connectivity index (χ0n) is 16.3. The molecule has 0 spiro atoms. The summed E-state index contributed by atoms with van der Waals surface area (Å²) in [6.07, 6.45) is 0.415. The molecule has 0 heterocycles. The minimum absolute atomic E-state index is 0.415. The molecule has 0 aromatic carbocycles. The Morgan fingerprint density at radius 3 is 1.27 bits per heavy atom. The lowest BCUT2D eigenvalue weighted by atomic mass is 10.4. The lowest BCUT2D eigenvalue weighted by molar-refractivity contribution is 0.133. The zero-order valence-corrected chi connectivity index (χ0v) is 20.3. The molecule has 0 saturated carbocycles. The minimum atomic E-state index is -2.85. The van der Waals surface area contributed by atoms with E-state index in [4.69, 9.17) is 17.1 Å². The van der Waals surface area contributed by atoms with Gasteiger partial charge < -0.3 is 17.1 Å². The zero-order chi connectivity index (χ0) is 17.8. The van der Waals surface area contributed by atoms with Crippen LogP contribution < -0.4 is 0 Å². The van der Waals surface area contributed by atoms with Crippen molar-refractivity contribution in [1.82, 2.24) is 0 Å². The van der Waals surface area contributed by atoms with E-state index < -0.39 is 33.8 Å². The van der Waals surface area contributed by atoms with Crippen LogP contribution in [0.2, 0.25) is 58.9 Å². The summed E-state index contributed by atoms with van der Waals surface area (Å²) in [5.41, 5.74) is 0.997. The first-order chi connectivity index (χ1) is 9.54. The van der Waals surface area contributed by atoms with Gasteiger partial charge in [-0.15, -0.1) is 0 Å². The largest absolute Gasteiger partial charge is 0.496 e. The van der Waals surface area contributed by atoms with Crippen LogP contribution in [0.1, 0.15) is 6.92 Å². The fourth-order valence-electron chi connectivity index (χ4n) is 1.90. The second-order valence-corrected chi connectivity index (χ2v) is 25.6. The fourth-order valence-corrected chi connectivity index (χ4v) is 15.8. The first kappa shape index (κ1) is 22.4. The molecule has 132 valence electrons. The number of rotatable bonds is 10. The molecule has 22 heavy (non-hydrogen) atoms. The third-order valence-corrected chi connectivity index (χ3v) is 13.7. The van der Waals surface area contributed by atoms with E-state index in [1.54, 1.807) is 0 Å². The summed E-state index contributed by atoms with van der Waals surface area (Å²) in [4.78, 5) is 0. The Bertz CT molecular complexity index is 326. The quantitative estimate of drug-likeness (QED) is 0.409. The molecule has 0 amide bonds. The van der Waals surface area contributed by atoms with Crippen LogP contribution in [0.25, 0.3) is 0 Å². The van der Waals surface area contributed by atoms with Gasteiger partial charge in [0.1, 0.15) is 6.23 Å². The molecule has 0 N–H and O–H groups in total. The predicted octanol–water partition coefficient (Wildman–Crippen LogP) is 4.61. The maximum Gasteiger partial charge on any atom is 0.496 e. The lowest BCUT2D eigenvalue weighted by Crippen LogP contribution is -2.63. The van der Waals surface area contributed by atoms with E-state index in [0.717, 1.165) is 5.57 Å². The third-order valence-electron chi connectivity index (χ3n) is 2.01. The molecule has 0 aromatic heterocycles. The summed E-state index contributed by atoms with van der Waals surface area (Å²) in [5, 5.41) is 0. The SMILES string of the molecule is C=C(C)COC[Si](O[Si](C)(C)C)(O[Si](C)(C)C)O[Si](C)(C)C. The third kappa shape index (κ3) is 11.9. The molecule has 0 radical (unpaired) electrons.